The minimum Gasteiger partial charge on any atom is -0.479 e. The number of benzene rings is 1. The van der Waals surface area contributed by atoms with Gasteiger partial charge in [-0.2, -0.15) is 4.98 Å². The molecule has 4 aromatic rings. The first-order chi connectivity index (χ1) is 16.4. The van der Waals surface area contributed by atoms with E-state index in [-0.39, 0.29) is 24.8 Å². The van der Waals surface area contributed by atoms with Gasteiger partial charge in [-0.25, -0.2) is 18.0 Å². The summed E-state index contributed by atoms with van der Waals surface area (Å²) < 4.78 is 50.4. The van der Waals surface area contributed by atoms with Gasteiger partial charge in [-0.3, -0.25) is 4.39 Å². The molecule has 12 heteroatoms. The highest BCUT2D eigenvalue weighted by Crippen LogP contribution is 2.34. The molecule has 1 saturated heterocycles. The molecule has 0 radical (unpaired) electrons. The zero-order valence-corrected chi connectivity index (χ0v) is 18.9. The standard InChI is InChI=1S/C22H25F3N8O/c1-31-10-7-18(22(24,25)13-31)26-21-27-20(34-2)19-15(6-11-33(19)29-21)14-4-5-16-17(12-14)32(30-28-16)9-3-8-23/h4-6,11-12,18H,3,7-10,13H2,1-2H3,(H,26,29)/t18-/m1/s1. The summed E-state index contributed by atoms with van der Waals surface area (Å²) in [5, 5.41) is 15.5. The molecule has 9 nitrogen and oxygen atoms in total. The second-order valence-corrected chi connectivity index (χ2v) is 8.51. The molecule has 1 atom stereocenters. The number of alkyl halides is 3. The van der Waals surface area contributed by atoms with Crippen molar-refractivity contribution in [3.05, 3.63) is 30.5 Å². The van der Waals surface area contributed by atoms with Crippen LogP contribution in [-0.2, 0) is 6.54 Å². The molecule has 4 heterocycles. The molecule has 5 rings (SSSR count). The maximum Gasteiger partial charge on any atom is 0.280 e. The normalized spacial score (nSPS) is 18.6. The number of nitrogens with one attached hydrogen (secondary N) is 1. The maximum absolute atomic E-state index is 14.5. The number of fused-ring (bicyclic) bond motifs is 2. The zero-order chi connectivity index (χ0) is 23.9. The molecule has 0 amide bonds. The molecular formula is C22H25F3N8O. The lowest BCUT2D eigenvalue weighted by atomic mass is 10.0. The van der Waals surface area contributed by atoms with E-state index in [1.165, 1.54) is 7.11 Å². The van der Waals surface area contributed by atoms with Gasteiger partial charge in [0.1, 0.15) is 11.0 Å². The van der Waals surface area contributed by atoms with Crippen LogP contribution in [0.15, 0.2) is 30.5 Å². The van der Waals surface area contributed by atoms with Crippen LogP contribution in [0, 0.1) is 0 Å². The summed E-state index contributed by atoms with van der Waals surface area (Å²) in [5.41, 5.74) is 3.74. The van der Waals surface area contributed by atoms with Crippen LogP contribution in [0.4, 0.5) is 19.1 Å². The minimum atomic E-state index is -2.91. The lowest BCUT2D eigenvalue weighted by molar-refractivity contribution is -0.0675. The summed E-state index contributed by atoms with van der Waals surface area (Å²) in [6.45, 7) is 0.228. The zero-order valence-electron chi connectivity index (χ0n) is 18.9. The first-order valence-electron chi connectivity index (χ1n) is 11.1. The van der Waals surface area contributed by atoms with Gasteiger partial charge < -0.3 is 15.0 Å². The summed E-state index contributed by atoms with van der Waals surface area (Å²) in [4.78, 5) is 5.99. The first-order valence-corrected chi connectivity index (χ1v) is 11.1. The Morgan fingerprint density at radius 1 is 1.26 bits per heavy atom. The molecule has 0 aliphatic carbocycles. The highest BCUT2D eigenvalue weighted by atomic mass is 19.3. The van der Waals surface area contributed by atoms with Gasteiger partial charge in [0.05, 0.1) is 31.9 Å². The molecule has 0 bridgehead atoms. The third kappa shape index (κ3) is 4.02. The number of ether oxygens (including phenoxy) is 1. The fraction of sp³-hybridized carbons (Fsp3) is 0.455. The molecule has 1 aliphatic rings. The van der Waals surface area contributed by atoms with Gasteiger partial charge >= 0.3 is 0 Å². The molecule has 1 N–H and O–H groups in total. The number of aromatic nitrogens is 6. The molecule has 3 aromatic heterocycles. The number of methoxy groups -OCH3 is 1. The van der Waals surface area contributed by atoms with Crippen LogP contribution in [0.2, 0.25) is 0 Å². The summed E-state index contributed by atoms with van der Waals surface area (Å²) in [6, 6.07) is 6.46. The predicted molar refractivity (Wildman–Crippen MR) is 121 cm³/mol. The van der Waals surface area contributed by atoms with E-state index in [4.69, 9.17) is 4.74 Å². The van der Waals surface area contributed by atoms with E-state index < -0.39 is 18.6 Å². The number of hydrogen-bond donors (Lipinski definition) is 1. The third-order valence-electron chi connectivity index (χ3n) is 6.09. The van der Waals surface area contributed by atoms with Gasteiger partial charge in [0.15, 0.2) is 0 Å². The average molecular weight is 474 g/mol. The molecule has 1 aromatic carbocycles. The van der Waals surface area contributed by atoms with Gasteiger partial charge in [0.25, 0.3) is 5.92 Å². The van der Waals surface area contributed by atoms with E-state index >= 15 is 0 Å². The fourth-order valence-electron chi connectivity index (χ4n) is 4.38. The van der Waals surface area contributed by atoms with Crippen LogP contribution < -0.4 is 10.1 Å². The average Bonchev–Trinajstić information content (AvgIpc) is 3.42. The van der Waals surface area contributed by atoms with Crippen molar-refractivity contribution < 1.29 is 17.9 Å². The number of hydrogen-bond acceptors (Lipinski definition) is 7. The monoisotopic (exact) mass is 474 g/mol. The van der Waals surface area contributed by atoms with Crippen LogP contribution in [0.5, 0.6) is 5.88 Å². The van der Waals surface area contributed by atoms with Crippen LogP contribution >= 0.6 is 0 Å². The second-order valence-electron chi connectivity index (χ2n) is 8.51. The Labute approximate surface area is 193 Å². The quantitative estimate of drug-likeness (QED) is 0.440. The van der Waals surface area contributed by atoms with E-state index in [9.17, 15) is 13.2 Å². The van der Waals surface area contributed by atoms with Crippen molar-refractivity contribution in [3.8, 4) is 17.0 Å². The summed E-state index contributed by atoms with van der Waals surface area (Å²) in [7, 11) is 3.16. The largest absolute Gasteiger partial charge is 0.479 e. The second kappa shape index (κ2) is 8.75. The molecule has 180 valence electrons. The Bertz CT molecular complexity index is 1320. The number of anilines is 1. The highest BCUT2D eigenvalue weighted by molar-refractivity contribution is 5.89. The smallest absolute Gasteiger partial charge is 0.280 e. The minimum absolute atomic E-state index is 0.0738. The first kappa shape index (κ1) is 22.4. The van der Waals surface area contributed by atoms with Gasteiger partial charge in [-0.05, 0) is 43.7 Å². The molecular weight excluding hydrogens is 449 g/mol. The predicted octanol–water partition coefficient (Wildman–Crippen LogP) is 3.26. The van der Waals surface area contributed by atoms with Crippen molar-refractivity contribution in [2.24, 2.45) is 0 Å². The van der Waals surface area contributed by atoms with Crippen molar-refractivity contribution in [2.75, 3.05) is 39.2 Å². The Balaban J connectivity index is 1.51. The van der Waals surface area contributed by atoms with E-state index in [1.807, 2.05) is 24.3 Å². The van der Waals surface area contributed by atoms with Crippen molar-refractivity contribution in [2.45, 2.75) is 31.4 Å². The number of rotatable bonds is 7. The lowest BCUT2D eigenvalue weighted by Gasteiger charge is -2.36. The number of aryl methyl sites for hydroxylation is 1. The molecule has 0 unspecified atom stereocenters. The van der Waals surface area contributed by atoms with Crippen molar-refractivity contribution in [3.63, 3.8) is 0 Å². The van der Waals surface area contributed by atoms with Crippen LogP contribution in [-0.4, -0.2) is 80.4 Å². The summed E-state index contributed by atoms with van der Waals surface area (Å²) >= 11 is 0. The van der Waals surface area contributed by atoms with Gasteiger partial charge in [-0.15, -0.1) is 10.2 Å². The van der Waals surface area contributed by atoms with Crippen LogP contribution in [0.1, 0.15) is 12.8 Å². The van der Waals surface area contributed by atoms with Crippen molar-refractivity contribution >= 4 is 22.5 Å². The molecule has 1 aliphatic heterocycles. The Morgan fingerprint density at radius 3 is 2.88 bits per heavy atom. The topological polar surface area (TPSA) is 85.4 Å². The van der Waals surface area contributed by atoms with E-state index in [0.717, 1.165) is 16.6 Å². The van der Waals surface area contributed by atoms with E-state index in [2.05, 4.69) is 25.7 Å². The number of likely N-dealkylation sites (tertiary alicyclic amines) is 1. The fourth-order valence-corrected chi connectivity index (χ4v) is 4.38. The third-order valence-corrected chi connectivity index (χ3v) is 6.09. The molecule has 0 spiro atoms. The summed E-state index contributed by atoms with van der Waals surface area (Å²) in [6.07, 6.45) is 2.36. The van der Waals surface area contributed by atoms with Gasteiger partial charge in [-0.1, -0.05) is 11.3 Å². The SMILES string of the molecule is COc1nc(N[C@@H]2CCN(C)CC2(F)F)nn2ccc(-c3ccc4nnn(CCCF)c4c3)c12. The van der Waals surface area contributed by atoms with Gasteiger partial charge in [0, 0.05) is 24.8 Å². The Kier molecular flexibility index (Phi) is 5.76. The van der Waals surface area contributed by atoms with E-state index in [1.54, 1.807) is 27.3 Å². The van der Waals surface area contributed by atoms with E-state index in [0.29, 0.717) is 30.5 Å². The number of piperidine rings is 1. The molecule has 1 fully saturated rings. The number of halogens is 3. The highest BCUT2D eigenvalue weighted by Gasteiger charge is 2.44. The molecule has 34 heavy (non-hydrogen) atoms. The maximum atomic E-state index is 14.5. The Hall–Kier alpha value is -3.41. The Morgan fingerprint density at radius 2 is 2.12 bits per heavy atom. The van der Waals surface area contributed by atoms with Crippen LogP contribution in [0.3, 0.4) is 0 Å². The van der Waals surface area contributed by atoms with Gasteiger partial charge in [0.2, 0.25) is 11.8 Å². The van der Waals surface area contributed by atoms with Crippen molar-refractivity contribution in [1.82, 2.24) is 34.5 Å². The summed E-state index contributed by atoms with van der Waals surface area (Å²) in [5.74, 6) is -2.57. The van der Waals surface area contributed by atoms with Crippen molar-refractivity contribution in [1.29, 1.82) is 0 Å². The van der Waals surface area contributed by atoms with Crippen LogP contribution in [0.25, 0.3) is 27.7 Å². The molecule has 0 saturated carbocycles. The lowest BCUT2D eigenvalue weighted by Crippen LogP contribution is -2.53. The number of nitrogens with zero attached hydrogens (tertiary/aromatic N) is 7.